The number of para-hydroxylation sites is 2. The van der Waals surface area contributed by atoms with E-state index in [-0.39, 0.29) is 5.91 Å². The van der Waals surface area contributed by atoms with Crippen LogP contribution in [0.15, 0.2) is 89.8 Å². The summed E-state index contributed by atoms with van der Waals surface area (Å²) in [5, 5.41) is 2.64. The Morgan fingerprint density at radius 3 is 1.78 bits per heavy atom. The van der Waals surface area contributed by atoms with E-state index in [1.54, 1.807) is 0 Å². The minimum atomic E-state index is -0.135. The number of hydrogen-bond acceptors (Lipinski definition) is 4. The fourth-order valence-electron chi connectivity index (χ4n) is 2.89. The molecular formula is C22H16N2OS2. The lowest BCUT2D eigenvalue weighted by Crippen LogP contribution is -2.17. The number of nitrogens with zero attached hydrogens (tertiary/aromatic N) is 1. The number of amides is 1. The SMILES string of the molecule is O=C1NC(=S)SC1=Cc1ccc(N(c2ccccc2)c2ccccc2)cc1. The van der Waals surface area contributed by atoms with Gasteiger partial charge in [0.25, 0.3) is 5.91 Å². The van der Waals surface area contributed by atoms with Crippen molar-refractivity contribution in [1.29, 1.82) is 0 Å². The maximum absolute atomic E-state index is 11.8. The summed E-state index contributed by atoms with van der Waals surface area (Å²) >= 11 is 6.33. The predicted octanol–water partition coefficient (Wildman–Crippen LogP) is 5.65. The van der Waals surface area contributed by atoms with Gasteiger partial charge in [-0.3, -0.25) is 4.79 Å². The summed E-state index contributed by atoms with van der Waals surface area (Å²) in [4.78, 5) is 14.7. The number of benzene rings is 3. The number of anilines is 3. The summed E-state index contributed by atoms with van der Waals surface area (Å²) in [6.07, 6.45) is 1.86. The molecule has 27 heavy (non-hydrogen) atoms. The van der Waals surface area contributed by atoms with Gasteiger partial charge >= 0.3 is 0 Å². The largest absolute Gasteiger partial charge is 0.311 e. The lowest BCUT2D eigenvalue weighted by atomic mass is 10.1. The average molecular weight is 389 g/mol. The second kappa shape index (κ2) is 7.78. The van der Waals surface area contributed by atoms with E-state index in [1.165, 1.54) is 11.8 Å². The van der Waals surface area contributed by atoms with E-state index >= 15 is 0 Å². The fraction of sp³-hybridized carbons (Fsp3) is 0. The van der Waals surface area contributed by atoms with Gasteiger partial charge in [-0.25, -0.2) is 0 Å². The molecule has 0 atom stereocenters. The number of nitrogens with one attached hydrogen (secondary N) is 1. The van der Waals surface area contributed by atoms with Crippen molar-refractivity contribution in [3.8, 4) is 0 Å². The number of carbonyl (C=O) groups is 1. The fourth-order valence-corrected chi connectivity index (χ4v) is 3.94. The van der Waals surface area contributed by atoms with Crippen LogP contribution < -0.4 is 10.2 Å². The molecule has 0 radical (unpaired) electrons. The zero-order chi connectivity index (χ0) is 18.6. The molecule has 1 aliphatic heterocycles. The number of rotatable bonds is 4. The number of thiocarbonyl (C=S) groups is 1. The zero-order valence-corrected chi connectivity index (χ0v) is 16.0. The molecule has 0 unspecified atom stereocenters. The Morgan fingerprint density at radius 2 is 1.30 bits per heavy atom. The third-order valence-electron chi connectivity index (χ3n) is 4.12. The van der Waals surface area contributed by atoms with Gasteiger partial charge < -0.3 is 10.2 Å². The third-order valence-corrected chi connectivity index (χ3v) is 5.28. The average Bonchev–Trinajstić information content (AvgIpc) is 3.02. The molecular weight excluding hydrogens is 372 g/mol. The topological polar surface area (TPSA) is 32.3 Å². The van der Waals surface area contributed by atoms with Gasteiger partial charge in [0.05, 0.1) is 4.91 Å². The third kappa shape index (κ3) is 3.94. The molecule has 1 fully saturated rings. The summed E-state index contributed by atoms with van der Waals surface area (Å²) < 4.78 is 0.502. The van der Waals surface area contributed by atoms with Crippen molar-refractivity contribution in [2.75, 3.05) is 4.90 Å². The molecule has 5 heteroatoms. The van der Waals surface area contributed by atoms with Crippen LogP contribution in [0.2, 0.25) is 0 Å². The lowest BCUT2D eigenvalue weighted by molar-refractivity contribution is -0.115. The lowest BCUT2D eigenvalue weighted by Gasteiger charge is -2.25. The zero-order valence-electron chi connectivity index (χ0n) is 14.3. The smallest absolute Gasteiger partial charge is 0.263 e. The molecule has 1 amide bonds. The van der Waals surface area contributed by atoms with Gasteiger partial charge in [-0.2, -0.15) is 0 Å². The highest BCUT2D eigenvalue weighted by Crippen LogP contribution is 2.34. The summed E-state index contributed by atoms with van der Waals surface area (Å²) in [5.74, 6) is -0.135. The molecule has 3 aromatic carbocycles. The second-order valence-corrected chi connectivity index (χ2v) is 7.67. The van der Waals surface area contributed by atoms with Crippen molar-refractivity contribution in [2.24, 2.45) is 0 Å². The van der Waals surface area contributed by atoms with Crippen LogP contribution in [0, 0.1) is 0 Å². The van der Waals surface area contributed by atoms with E-state index < -0.39 is 0 Å². The Bertz CT molecular complexity index is 960. The van der Waals surface area contributed by atoms with E-state index in [9.17, 15) is 4.79 Å². The van der Waals surface area contributed by atoms with Crippen molar-refractivity contribution in [3.05, 3.63) is 95.4 Å². The molecule has 0 saturated carbocycles. The second-order valence-electron chi connectivity index (χ2n) is 5.95. The molecule has 3 aromatic rings. The van der Waals surface area contributed by atoms with Crippen molar-refractivity contribution in [1.82, 2.24) is 5.32 Å². The van der Waals surface area contributed by atoms with Gasteiger partial charge in [0.2, 0.25) is 0 Å². The van der Waals surface area contributed by atoms with Gasteiger partial charge in [0.15, 0.2) is 0 Å². The van der Waals surface area contributed by atoms with Crippen LogP contribution in [0.4, 0.5) is 17.1 Å². The van der Waals surface area contributed by atoms with Crippen LogP contribution >= 0.6 is 24.0 Å². The van der Waals surface area contributed by atoms with E-state index in [4.69, 9.17) is 12.2 Å². The predicted molar refractivity (Wildman–Crippen MR) is 117 cm³/mol. The minimum absolute atomic E-state index is 0.135. The van der Waals surface area contributed by atoms with Crippen LogP contribution in [0.3, 0.4) is 0 Å². The molecule has 1 saturated heterocycles. The van der Waals surface area contributed by atoms with Crippen LogP contribution in [-0.4, -0.2) is 10.2 Å². The van der Waals surface area contributed by atoms with Crippen molar-refractivity contribution in [2.45, 2.75) is 0 Å². The molecule has 3 nitrogen and oxygen atoms in total. The molecule has 1 heterocycles. The first-order valence-corrected chi connectivity index (χ1v) is 9.68. The Morgan fingerprint density at radius 1 is 0.778 bits per heavy atom. The first kappa shape index (κ1) is 17.5. The van der Waals surface area contributed by atoms with E-state index in [0.717, 1.165) is 22.6 Å². The highest BCUT2D eigenvalue weighted by molar-refractivity contribution is 8.26. The Labute approximate surface area is 167 Å². The van der Waals surface area contributed by atoms with Crippen molar-refractivity contribution in [3.63, 3.8) is 0 Å². The summed E-state index contributed by atoms with van der Waals surface area (Å²) in [6, 6.07) is 28.6. The van der Waals surface area contributed by atoms with E-state index in [0.29, 0.717) is 9.23 Å². The van der Waals surface area contributed by atoms with Crippen molar-refractivity contribution < 1.29 is 4.79 Å². The summed E-state index contributed by atoms with van der Waals surface area (Å²) in [7, 11) is 0. The van der Waals surface area contributed by atoms with Crippen molar-refractivity contribution >= 4 is 57.3 Å². The monoisotopic (exact) mass is 388 g/mol. The Hall–Kier alpha value is -2.89. The van der Waals surface area contributed by atoms with E-state index in [2.05, 4.69) is 46.6 Å². The first-order valence-electron chi connectivity index (χ1n) is 8.46. The Balaban J connectivity index is 1.69. The van der Waals surface area contributed by atoms with Crippen LogP contribution in [0.5, 0.6) is 0 Å². The van der Waals surface area contributed by atoms with Crippen LogP contribution in [0.25, 0.3) is 6.08 Å². The van der Waals surface area contributed by atoms with Crippen LogP contribution in [0.1, 0.15) is 5.56 Å². The molecule has 0 bridgehead atoms. The molecule has 1 N–H and O–H groups in total. The van der Waals surface area contributed by atoms with Gasteiger partial charge in [-0.15, -0.1) is 0 Å². The molecule has 0 spiro atoms. The molecule has 0 aromatic heterocycles. The normalized spacial score (nSPS) is 15.0. The Kier molecular flexibility index (Phi) is 5.05. The van der Waals surface area contributed by atoms with Gasteiger partial charge in [0.1, 0.15) is 4.32 Å². The number of thioether (sulfide) groups is 1. The maximum atomic E-state index is 11.8. The number of carbonyl (C=O) groups excluding carboxylic acids is 1. The summed E-state index contributed by atoms with van der Waals surface area (Å²) in [5.41, 5.74) is 4.19. The van der Waals surface area contributed by atoms with Gasteiger partial charge in [-0.1, -0.05) is 72.5 Å². The number of hydrogen-bond donors (Lipinski definition) is 1. The van der Waals surface area contributed by atoms with Crippen LogP contribution in [-0.2, 0) is 4.79 Å². The summed E-state index contributed by atoms with van der Waals surface area (Å²) in [6.45, 7) is 0. The highest BCUT2D eigenvalue weighted by Gasteiger charge is 2.21. The molecule has 132 valence electrons. The molecule has 4 rings (SSSR count). The maximum Gasteiger partial charge on any atom is 0.263 e. The van der Waals surface area contributed by atoms with E-state index in [1.807, 2.05) is 54.6 Å². The first-order chi connectivity index (χ1) is 13.2. The van der Waals surface area contributed by atoms with Gasteiger partial charge in [-0.05, 0) is 48.0 Å². The molecule has 0 aliphatic carbocycles. The standard InChI is InChI=1S/C22H16N2OS2/c25-21-20(27-22(26)23-21)15-16-11-13-19(14-12-16)24(17-7-3-1-4-8-17)18-9-5-2-6-10-18/h1-15H,(H,23,25,26). The highest BCUT2D eigenvalue weighted by atomic mass is 32.2. The van der Waals surface area contributed by atoms with Gasteiger partial charge in [0, 0.05) is 17.1 Å². The molecule has 1 aliphatic rings. The quantitative estimate of drug-likeness (QED) is 0.463. The minimum Gasteiger partial charge on any atom is -0.311 e.